The van der Waals surface area contributed by atoms with E-state index in [0.717, 1.165) is 29.5 Å². The molecule has 0 radical (unpaired) electrons. The number of nitrogens with zero attached hydrogens (tertiary/aromatic N) is 3. The van der Waals surface area contributed by atoms with Crippen LogP contribution in [0.1, 0.15) is 63.5 Å². The van der Waals surface area contributed by atoms with E-state index in [-0.39, 0.29) is 11.8 Å². The van der Waals surface area contributed by atoms with Crippen molar-refractivity contribution in [2.45, 2.75) is 74.4 Å². The van der Waals surface area contributed by atoms with Gasteiger partial charge in [0.15, 0.2) is 0 Å². The number of hydrogen-bond acceptors (Lipinski definition) is 6. The van der Waals surface area contributed by atoms with Gasteiger partial charge in [-0.1, -0.05) is 30.3 Å². The van der Waals surface area contributed by atoms with Gasteiger partial charge < -0.3 is 10.1 Å². The molecule has 8 nitrogen and oxygen atoms in total. The first-order chi connectivity index (χ1) is 18.0. The highest BCUT2D eigenvalue weighted by molar-refractivity contribution is 7.84. The van der Waals surface area contributed by atoms with Crippen LogP contribution >= 0.6 is 0 Å². The molecule has 1 saturated carbocycles. The summed E-state index contributed by atoms with van der Waals surface area (Å²) < 4.78 is 17.6. The fourth-order valence-corrected chi connectivity index (χ4v) is 5.66. The number of carbonyl (C=O) groups excluding carboxylic acids is 2. The zero-order valence-corrected chi connectivity index (χ0v) is 22.9. The Bertz CT molecular complexity index is 1350. The van der Waals surface area contributed by atoms with E-state index in [1.54, 1.807) is 39.2 Å². The molecule has 9 heteroatoms. The van der Waals surface area contributed by atoms with Crippen molar-refractivity contribution in [2.75, 3.05) is 12.8 Å². The van der Waals surface area contributed by atoms with E-state index in [1.165, 1.54) is 4.90 Å². The summed E-state index contributed by atoms with van der Waals surface area (Å²) in [6.45, 7) is 5.82. The lowest BCUT2D eigenvalue weighted by atomic mass is 9.99. The van der Waals surface area contributed by atoms with Crippen LogP contribution in [0.3, 0.4) is 0 Å². The summed E-state index contributed by atoms with van der Waals surface area (Å²) in [5.41, 5.74) is 1.38. The molecule has 0 spiro atoms. The Hall–Kier alpha value is -3.69. The number of nitrogens with one attached hydrogen (secondary N) is 1. The lowest BCUT2D eigenvalue weighted by Gasteiger charge is -2.36. The second kappa shape index (κ2) is 10.6. The number of rotatable bonds is 5. The molecule has 38 heavy (non-hydrogen) atoms. The number of benzene rings is 2. The molecule has 2 fully saturated rings. The molecular weight excluding hydrogens is 500 g/mol. The van der Waals surface area contributed by atoms with Gasteiger partial charge >= 0.3 is 6.09 Å². The zero-order chi connectivity index (χ0) is 27.7. The SMILES string of the molecule is CS(=O)c1cc(-c2ccc([C@@H]3C[C@@]3(C#N)NC(=O)[C@@H]3CCCCN3C(=O)OC(C)(C)C)cc2)ccc1C#N. The first-order valence-corrected chi connectivity index (χ1v) is 14.2. The zero-order valence-electron chi connectivity index (χ0n) is 22.1. The largest absolute Gasteiger partial charge is 0.444 e. The van der Waals surface area contributed by atoms with Crippen molar-refractivity contribution in [1.29, 1.82) is 10.5 Å². The standard InChI is InChI=1S/C29H32N4O4S/c1-28(2,3)37-27(35)33-14-6-5-7-24(33)26(34)32-29(18-31)16-23(29)20-10-8-19(9-11-20)21-12-13-22(17-30)25(15-21)38(4)36/h8-13,15,23-24H,5-7,14,16H2,1-4H3,(H,32,34)/t23-,24-,29-,38?/m0/s1. The van der Waals surface area contributed by atoms with Gasteiger partial charge in [0.05, 0.1) is 27.3 Å². The van der Waals surface area contributed by atoms with Gasteiger partial charge in [-0.25, -0.2) is 4.79 Å². The summed E-state index contributed by atoms with van der Waals surface area (Å²) in [5.74, 6) is -0.488. The Balaban J connectivity index is 1.48. The molecule has 1 saturated heterocycles. The molecule has 0 bridgehead atoms. The van der Waals surface area contributed by atoms with E-state index >= 15 is 0 Å². The molecule has 2 aliphatic rings. The number of ether oxygens (including phenoxy) is 1. The minimum atomic E-state index is -1.29. The summed E-state index contributed by atoms with van der Waals surface area (Å²) in [6.07, 6.45) is 3.68. The van der Waals surface area contributed by atoms with Gasteiger partial charge in [-0.15, -0.1) is 0 Å². The van der Waals surface area contributed by atoms with Crippen molar-refractivity contribution >= 4 is 22.8 Å². The van der Waals surface area contributed by atoms with Crippen molar-refractivity contribution in [1.82, 2.24) is 10.2 Å². The monoisotopic (exact) mass is 532 g/mol. The van der Waals surface area contributed by atoms with Crippen LogP contribution in [0.25, 0.3) is 11.1 Å². The number of piperidine rings is 1. The Labute approximate surface area is 226 Å². The normalized spacial score (nSPS) is 23.5. The van der Waals surface area contributed by atoms with Crippen LogP contribution in [0, 0.1) is 22.7 Å². The molecule has 1 aliphatic carbocycles. The third kappa shape index (κ3) is 5.74. The fourth-order valence-electron chi connectivity index (χ4n) is 4.94. The summed E-state index contributed by atoms with van der Waals surface area (Å²) in [4.78, 5) is 28.0. The second-order valence-electron chi connectivity index (χ2n) is 10.9. The van der Waals surface area contributed by atoms with Crippen LogP contribution in [-0.2, 0) is 20.3 Å². The molecule has 2 aromatic rings. The van der Waals surface area contributed by atoms with Crippen LogP contribution in [0.4, 0.5) is 4.79 Å². The Morgan fingerprint density at radius 2 is 1.79 bits per heavy atom. The summed E-state index contributed by atoms with van der Waals surface area (Å²) >= 11 is 0. The van der Waals surface area contributed by atoms with Gasteiger partial charge in [-0.3, -0.25) is 13.9 Å². The second-order valence-corrected chi connectivity index (χ2v) is 12.3. The number of carbonyl (C=O) groups is 2. The van der Waals surface area contributed by atoms with Gasteiger partial charge in [-0.2, -0.15) is 10.5 Å². The Morgan fingerprint density at radius 3 is 2.39 bits per heavy atom. The maximum absolute atomic E-state index is 13.3. The Morgan fingerprint density at radius 1 is 1.11 bits per heavy atom. The quantitative estimate of drug-likeness (QED) is 0.599. The lowest BCUT2D eigenvalue weighted by Crippen LogP contribution is -2.55. The predicted molar refractivity (Wildman–Crippen MR) is 143 cm³/mol. The van der Waals surface area contributed by atoms with E-state index in [1.807, 2.05) is 30.3 Å². The highest BCUT2D eigenvalue weighted by Gasteiger charge is 2.57. The van der Waals surface area contributed by atoms with Crippen LogP contribution in [0.15, 0.2) is 47.4 Å². The summed E-state index contributed by atoms with van der Waals surface area (Å²) in [6, 6.07) is 16.7. The topological polar surface area (TPSA) is 123 Å². The minimum Gasteiger partial charge on any atom is -0.444 e. The van der Waals surface area contributed by atoms with Crippen LogP contribution in [0.2, 0.25) is 0 Å². The van der Waals surface area contributed by atoms with Crippen LogP contribution in [-0.4, -0.2) is 51.1 Å². The smallest absolute Gasteiger partial charge is 0.410 e. The first-order valence-electron chi connectivity index (χ1n) is 12.7. The van der Waals surface area contributed by atoms with E-state index in [0.29, 0.717) is 29.8 Å². The summed E-state index contributed by atoms with van der Waals surface area (Å²) in [7, 11) is -1.29. The number of amides is 2. The minimum absolute atomic E-state index is 0.163. The molecule has 0 aromatic heterocycles. The third-order valence-electron chi connectivity index (χ3n) is 7.00. The average Bonchev–Trinajstić information content (AvgIpc) is 3.61. The van der Waals surface area contributed by atoms with Crippen LogP contribution in [0.5, 0.6) is 0 Å². The van der Waals surface area contributed by atoms with E-state index in [9.17, 15) is 24.3 Å². The highest BCUT2D eigenvalue weighted by atomic mass is 32.2. The van der Waals surface area contributed by atoms with E-state index in [2.05, 4.69) is 17.5 Å². The predicted octanol–water partition coefficient (Wildman–Crippen LogP) is 4.62. The average molecular weight is 533 g/mol. The maximum atomic E-state index is 13.3. The van der Waals surface area contributed by atoms with Crippen molar-refractivity contribution in [3.63, 3.8) is 0 Å². The Kier molecular flexibility index (Phi) is 7.62. The first kappa shape index (κ1) is 27.3. The molecule has 1 unspecified atom stereocenters. The van der Waals surface area contributed by atoms with Gasteiger partial charge in [0, 0.05) is 18.7 Å². The molecule has 2 aromatic carbocycles. The molecule has 1 aliphatic heterocycles. The fraction of sp³-hybridized carbons (Fsp3) is 0.448. The molecular formula is C29H32N4O4S. The van der Waals surface area contributed by atoms with Gasteiger partial charge in [0.2, 0.25) is 5.91 Å². The van der Waals surface area contributed by atoms with Crippen molar-refractivity contribution in [2.24, 2.45) is 0 Å². The van der Waals surface area contributed by atoms with Gasteiger partial charge in [0.1, 0.15) is 23.3 Å². The van der Waals surface area contributed by atoms with Crippen LogP contribution < -0.4 is 5.32 Å². The maximum Gasteiger partial charge on any atom is 0.410 e. The molecule has 2 amide bonds. The van der Waals surface area contributed by atoms with Gasteiger partial charge in [0.25, 0.3) is 0 Å². The molecule has 198 valence electrons. The number of nitriles is 2. The van der Waals surface area contributed by atoms with E-state index in [4.69, 9.17) is 4.74 Å². The molecule has 1 N–H and O–H groups in total. The molecule has 4 atom stereocenters. The summed E-state index contributed by atoms with van der Waals surface area (Å²) in [5, 5.41) is 22.2. The van der Waals surface area contributed by atoms with Crippen molar-refractivity contribution < 1.29 is 18.5 Å². The number of likely N-dealkylation sites (tertiary alicyclic amines) is 1. The lowest BCUT2D eigenvalue weighted by molar-refractivity contribution is -0.128. The number of hydrogen-bond donors (Lipinski definition) is 1. The third-order valence-corrected chi connectivity index (χ3v) is 7.96. The highest BCUT2D eigenvalue weighted by Crippen LogP contribution is 2.51. The molecule has 1 heterocycles. The van der Waals surface area contributed by atoms with Crippen molar-refractivity contribution in [3.8, 4) is 23.3 Å². The molecule has 4 rings (SSSR count). The van der Waals surface area contributed by atoms with Gasteiger partial charge in [-0.05, 0) is 75.3 Å². The van der Waals surface area contributed by atoms with E-state index < -0.39 is 34.1 Å². The van der Waals surface area contributed by atoms with Crippen molar-refractivity contribution in [3.05, 3.63) is 53.6 Å².